The van der Waals surface area contributed by atoms with Crippen molar-refractivity contribution < 1.29 is 0 Å². The van der Waals surface area contributed by atoms with E-state index in [1.165, 1.54) is 0 Å². The van der Waals surface area contributed by atoms with Gasteiger partial charge in [0, 0.05) is 28.4 Å². The smallest absolute Gasteiger partial charge is 0.0782 e. The van der Waals surface area contributed by atoms with Crippen LogP contribution in [0.2, 0.25) is 10.0 Å². The van der Waals surface area contributed by atoms with E-state index in [-0.39, 0.29) is 5.92 Å². The molecule has 1 unspecified atom stereocenters. The van der Waals surface area contributed by atoms with Crippen LogP contribution in [0.15, 0.2) is 42.6 Å². The molecule has 0 aliphatic rings. The molecule has 0 bridgehead atoms. The molecule has 4 heteroatoms. The fourth-order valence-corrected chi connectivity index (χ4v) is 2.28. The number of halogens is 2. The summed E-state index contributed by atoms with van der Waals surface area (Å²) in [7, 11) is 0. The molecular weight excluding hydrogens is 267 g/mol. The lowest BCUT2D eigenvalue weighted by atomic mass is 9.95. The van der Waals surface area contributed by atoms with E-state index < -0.39 is 0 Å². The topological polar surface area (TPSA) is 36.7 Å². The first-order valence-electron chi connectivity index (χ1n) is 5.45. The molecule has 0 spiro atoms. The highest BCUT2D eigenvalue weighted by Crippen LogP contribution is 2.29. The molecule has 0 saturated carbocycles. The molecule has 18 heavy (non-hydrogen) atoms. The van der Waals surface area contributed by atoms with Crippen molar-refractivity contribution in [3.05, 3.63) is 63.9 Å². The first-order chi connectivity index (χ1) is 8.70. The van der Waals surface area contributed by atoms with Gasteiger partial charge in [0.15, 0.2) is 0 Å². The van der Waals surface area contributed by atoms with E-state index >= 15 is 0 Å². The normalized spacial score (nSPS) is 11.8. The lowest BCUT2D eigenvalue weighted by Crippen LogP contribution is -2.02. The number of aromatic nitrogens is 1. The predicted molar refractivity (Wildman–Crippen MR) is 72.8 cm³/mol. The first-order valence-corrected chi connectivity index (χ1v) is 6.21. The molecule has 0 fully saturated rings. The molecule has 90 valence electrons. The van der Waals surface area contributed by atoms with E-state index in [1.54, 1.807) is 24.4 Å². The first kappa shape index (κ1) is 12.9. The van der Waals surface area contributed by atoms with Crippen molar-refractivity contribution in [2.75, 3.05) is 0 Å². The number of nitriles is 1. The van der Waals surface area contributed by atoms with Gasteiger partial charge in [0.2, 0.25) is 0 Å². The van der Waals surface area contributed by atoms with Crippen LogP contribution in [-0.4, -0.2) is 4.98 Å². The summed E-state index contributed by atoms with van der Waals surface area (Å²) in [4.78, 5) is 4.22. The van der Waals surface area contributed by atoms with Crippen molar-refractivity contribution in [3.63, 3.8) is 0 Å². The minimum atomic E-state index is -0.315. The van der Waals surface area contributed by atoms with Gasteiger partial charge in [-0.25, -0.2) is 0 Å². The second-order valence-corrected chi connectivity index (χ2v) is 4.72. The molecular formula is C14H10Cl2N2. The zero-order valence-corrected chi connectivity index (χ0v) is 11.0. The average Bonchev–Trinajstić information content (AvgIpc) is 2.38. The van der Waals surface area contributed by atoms with Crippen molar-refractivity contribution in [2.45, 2.75) is 12.3 Å². The second-order valence-electron chi connectivity index (χ2n) is 3.87. The summed E-state index contributed by atoms with van der Waals surface area (Å²) >= 11 is 12.0. The van der Waals surface area contributed by atoms with E-state index in [9.17, 15) is 5.26 Å². The van der Waals surface area contributed by atoms with E-state index in [2.05, 4.69) is 11.1 Å². The zero-order valence-electron chi connectivity index (χ0n) is 9.48. The fraction of sp³-hybridized carbons (Fsp3) is 0.143. The van der Waals surface area contributed by atoms with Crippen LogP contribution in [0.4, 0.5) is 0 Å². The Kier molecular flexibility index (Phi) is 4.19. The highest BCUT2D eigenvalue weighted by molar-refractivity contribution is 6.35. The largest absolute Gasteiger partial charge is 0.261 e. The third-order valence-corrected chi connectivity index (χ3v) is 3.20. The van der Waals surface area contributed by atoms with Crippen molar-refractivity contribution >= 4 is 23.2 Å². The standard InChI is InChI=1S/C14H10Cl2N2/c15-11-4-5-13(14(16)8-11)10(9-17)7-12-3-1-2-6-18-12/h1-6,8,10H,7H2. The fourth-order valence-electron chi connectivity index (χ4n) is 1.74. The van der Waals surface area contributed by atoms with Gasteiger partial charge in [-0.2, -0.15) is 5.26 Å². The maximum absolute atomic E-state index is 9.27. The third-order valence-electron chi connectivity index (χ3n) is 2.63. The summed E-state index contributed by atoms with van der Waals surface area (Å²) in [6, 6.07) is 13.1. The number of pyridine rings is 1. The molecule has 1 aromatic heterocycles. The van der Waals surface area contributed by atoms with Crippen LogP contribution in [-0.2, 0) is 6.42 Å². The number of benzene rings is 1. The lowest BCUT2D eigenvalue weighted by molar-refractivity contribution is 0.822. The minimum Gasteiger partial charge on any atom is -0.261 e. The monoisotopic (exact) mass is 276 g/mol. The Labute approximate surface area is 116 Å². The summed E-state index contributed by atoms with van der Waals surface area (Å²) < 4.78 is 0. The Balaban J connectivity index is 2.27. The molecule has 2 rings (SSSR count). The summed E-state index contributed by atoms with van der Waals surface area (Å²) in [5.74, 6) is -0.315. The van der Waals surface area contributed by atoms with Gasteiger partial charge in [-0.1, -0.05) is 35.3 Å². The number of hydrogen-bond acceptors (Lipinski definition) is 2. The van der Waals surface area contributed by atoms with Crippen LogP contribution >= 0.6 is 23.2 Å². The molecule has 1 atom stereocenters. The molecule has 0 aliphatic carbocycles. The zero-order chi connectivity index (χ0) is 13.0. The van der Waals surface area contributed by atoms with E-state index in [0.29, 0.717) is 16.5 Å². The molecule has 0 aliphatic heterocycles. The molecule has 1 aromatic carbocycles. The van der Waals surface area contributed by atoms with Crippen molar-refractivity contribution in [1.82, 2.24) is 4.98 Å². The van der Waals surface area contributed by atoms with Gasteiger partial charge in [-0.15, -0.1) is 0 Å². The number of rotatable bonds is 3. The van der Waals surface area contributed by atoms with Gasteiger partial charge in [0.1, 0.15) is 0 Å². The summed E-state index contributed by atoms with van der Waals surface area (Å²) in [6.45, 7) is 0. The second kappa shape index (κ2) is 5.86. The van der Waals surface area contributed by atoms with Gasteiger partial charge >= 0.3 is 0 Å². The molecule has 0 amide bonds. The summed E-state index contributed by atoms with van der Waals surface area (Å²) in [5, 5.41) is 10.4. The van der Waals surface area contributed by atoms with Gasteiger partial charge < -0.3 is 0 Å². The van der Waals surface area contributed by atoms with Gasteiger partial charge in [0.25, 0.3) is 0 Å². The summed E-state index contributed by atoms with van der Waals surface area (Å²) in [6.07, 6.45) is 2.26. The van der Waals surface area contributed by atoms with E-state index in [1.807, 2.05) is 18.2 Å². The predicted octanol–water partition coefficient (Wildman–Crippen LogP) is 4.24. The van der Waals surface area contributed by atoms with Crippen molar-refractivity contribution in [3.8, 4) is 6.07 Å². The highest BCUT2D eigenvalue weighted by atomic mass is 35.5. The van der Waals surface area contributed by atoms with Crippen LogP contribution < -0.4 is 0 Å². The lowest BCUT2D eigenvalue weighted by Gasteiger charge is -2.11. The quantitative estimate of drug-likeness (QED) is 0.841. The molecule has 2 aromatic rings. The van der Waals surface area contributed by atoms with E-state index in [4.69, 9.17) is 23.2 Å². The van der Waals surface area contributed by atoms with Gasteiger partial charge in [-0.3, -0.25) is 4.98 Å². The molecule has 0 saturated heterocycles. The number of hydrogen-bond donors (Lipinski definition) is 0. The van der Waals surface area contributed by atoms with Crippen LogP contribution in [0, 0.1) is 11.3 Å². The summed E-state index contributed by atoms with van der Waals surface area (Å²) in [5.41, 5.74) is 1.66. The van der Waals surface area contributed by atoms with Crippen LogP contribution in [0.3, 0.4) is 0 Å². The van der Waals surface area contributed by atoms with Crippen molar-refractivity contribution in [2.24, 2.45) is 0 Å². The maximum atomic E-state index is 9.27. The minimum absolute atomic E-state index is 0.315. The Morgan fingerprint density at radius 3 is 2.67 bits per heavy atom. The highest BCUT2D eigenvalue weighted by Gasteiger charge is 2.15. The Morgan fingerprint density at radius 2 is 2.06 bits per heavy atom. The van der Waals surface area contributed by atoms with Gasteiger partial charge in [-0.05, 0) is 29.8 Å². The third kappa shape index (κ3) is 3.01. The number of nitrogens with zero attached hydrogens (tertiary/aromatic N) is 2. The molecule has 0 radical (unpaired) electrons. The molecule has 0 N–H and O–H groups in total. The van der Waals surface area contributed by atoms with Crippen LogP contribution in [0.5, 0.6) is 0 Å². The SMILES string of the molecule is N#CC(Cc1ccccn1)c1ccc(Cl)cc1Cl. The van der Waals surface area contributed by atoms with Crippen LogP contribution in [0.25, 0.3) is 0 Å². The van der Waals surface area contributed by atoms with Crippen molar-refractivity contribution in [1.29, 1.82) is 5.26 Å². The van der Waals surface area contributed by atoms with E-state index in [0.717, 1.165) is 11.3 Å². The molecule has 1 heterocycles. The maximum Gasteiger partial charge on any atom is 0.0782 e. The van der Waals surface area contributed by atoms with Crippen LogP contribution in [0.1, 0.15) is 17.2 Å². The Bertz CT molecular complexity index is 576. The van der Waals surface area contributed by atoms with Gasteiger partial charge in [0.05, 0.1) is 12.0 Å². The average molecular weight is 277 g/mol. The Morgan fingerprint density at radius 1 is 1.22 bits per heavy atom. The Hall–Kier alpha value is -1.56. The molecule has 2 nitrogen and oxygen atoms in total.